The smallest absolute Gasteiger partial charge is 0.268 e. The molecule has 1 aliphatic rings. The van der Waals surface area contributed by atoms with E-state index in [1.807, 2.05) is 7.05 Å². The minimum atomic E-state index is -0.160. The summed E-state index contributed by atoms with van der Waals surface area (Å²) in [6.07, 6.45) is 1.38. The van der Waals surface area contributed by atoms with Crippen molar-refractivity contribution in [3.05, 3.63) is 40.5 Å². The molecule has 2 unspecified atom stereocenters. The Morgan fingerprint density at radius 2 is 2.05 bits per heavy atom. The van der Waals surface area contributed by atoms with Gasteiger partial charge in [-0.15, -0.1) is 12.4 Å². The lowest BCUT2D eigenvalue weighted by atomic mass is 10.0. The molecule has 0 radical (unpaired) electrons. The molecule has 1 aromatic carbocycles. The molecule has 1 aromatic heterocycles. The number of nitrogens with zero attached hydrogens (tertiary/aromatic N) is 2. The minimum Gasteiger partial charge on any atom is -0.480 e. The molecule has 120 valence electrons. The summed E-state index contributed by atoms with van der Waals surface area (Å²) in [7, 11) is 1.92. The van der Waals surface area contributed by atoms with E-state index in [0.29, 0.717) is 11.9 Å². The molecule has 22 heavy (non-hydrogen) atoms. The number of likely N-dealkylation sites (N-methyl/N-ethyl adjacent to an activating group) is 1. The molecule has 0 fully saturated rings. The van der Waals surface area contributed by atoms with Gasteiger partial charge in [-0.25, -0.2) is 0 Å². The van der Waals surface area contributed by atoms with Crippen LogP contribution in [0.25, 0.3) is 0 Å². The fourth-order valence-electron chi connectivity index (χ4n) is 2.51. The Kier molecular flexibility index (Phi) is 5.08. The number of fused-ring (bicyclic) bond motifs is 1. The lowest BCUT2D eigenvalue weighted by Gasteiger charge is -2.06. The number of hydrogen-bond acceptors (Lipinski definition) is 5. The van der Waals surface area contributed by atoms with E-state index in [9.17, 15) is 0 Å². The monoisotopic (exact) mass is 323 g/mol. The summed E-state index contributed by atoms with van der Waals surface area (Å²) in [6.45, 7) is 6.30. The van der Waals surface area contributed by atoms with Gasteiger partial charge < -0.3 is 14.6 Å². The zero-order valence-corrected chi connectivity index (χ0v) is 14.2. The zero-order valence-electron chi connectivity index (χ0n) is 13.3. The number of halogens is 1. The van der Waals surface area contributed by atoms with Crippen LogP contribution in [0.2, 0.25) is 0 Å². The lowest BCUT2D eigenvalue weighted by molar-refractivity contribution is 0.183. The van der Waals surface area contributed by atoms with E-state index in [4.69, 9.17) is 9.26 Å². The molecule has 0 saturated heterocycles. The highest BCUT2D eigenvalue weighted by molar-refractivity contribution is 5.85. The number of aryl methyl sites for hydroxylation is 2. The maximum Gasteiger partial charge on any atom is 0.268 e. The first-order valence-corrected chi connectivity index (χ1v) is 7.33. The van der Waals surface area contributed by atoms with Gasteiger partial charge in [0.1, 0.15) is 5.75 Å². The van der Waals surface area contributed by atoms with Crippen LogP contribution in [0.5, 0.6) is 5.75 Å². The van der Waals surface area contributed by atoms with Crippen molar-refractivity contribution >= 4 is 12.4 Å². The third kappa shape index (κ3) is 3.25. The Morgan fingerprint density at radius 3 is 2.77 bits per heavy atom. The molecule has 0 amide bonds. The molecule has 6 heteroatoms. The van der Waals surface area contributed by atoms with E-state index in [-0.39, 0.29) is 18.5 Å². The average molecular weight is 324 g/mol. The molecule has 5 nitrogen and oxygen atoms in total. The van der Waals surface area contributed by atoms with Crippen molar-refractivity contribution in [2.45, 2.75) is 45.8 Å². The van der Waals surface area contributed by atoms with Crippen molar-refractivity contribution in [3.8, 4) is 5.75 Å². The lowest BCUT2D eigenvalue weighted by Crippen LogP contribution is -2.24. The van der Waals surface area contributed by atoms with Crippen molar-refractivity contribution < 1.29 is 9.26 Å². The van der Waals surface area contributed by atoms with Gasteiger partial charge in [-0.05, 0) is 50.6 Å². The van der Waals surface area contributed by atoms with E-state index >= 15 is 0 Å². The number of rotatable bonds is 4. The first kappa shape index (κ1) is 16.8. The molecular formula is C16H22ClN3O2. The van der Waals surface area contributed by atoms with Crippen molar-refractivity contribution in [1.29, 1.82) is 0 Å². The summed E-state index contributed by atoms with van der Waals surface area (Å²) in [5.74, 6) is 2.23. The maximum absolute atomic E-state index is 5.96. The number of aromatic nitrogens is 2. The quantitative estimate of drug-likeness (QED) is 0.937. The fraction of sp³-hybridized carbons (Fsp3) is 0.500. The standard InChI is InChI=1S/C16H21N3O2.ClH/c1-9-5-12-8-14(20-13(12)6-10(9)2)16-18-15(19-21-16)7-11(3)17-4;/h5-6,11,14,17H,7-8H2,1-4H3;1H. The summed E-state index contributed by atoms with van der Waals surface area (Å²) in [5.41, 5.74) is 3.74. The van der Waals surface area contributed by atoms with Gasteiger partial charge in [0.05, 0.1) is 0 Å². The van der Waals surface area contributed by atoms with E-state index in [0.717, 1.165) is 24.4 Å². The van der Waals surface area contributed by atoms with Gasteiger partial charge in [-0.2, -0.15) is 4.98 Å². The second kappa shape index (κ2) is 6.67. The van der Waals surface area contributed by atoms with Gasteiger partial charge in [-0.1, -0.05) is 11.2 Å². The van der Waals surface area contributed by atoms with Gasteiger partial charge in [0.25, 0.3) is 5.89 Å². The van der Waals surface area contributed by atoms with E-state index in [1.165, 1.54) is 16.7 Å². The van der Waals surface area contributed by atoms with Gasteiger partial charge in [0.2, 0.25) is 0 Å². The van der Waals surface area contributed by atoms with Crippen LogP contribution in [0.1, 0.15) is 41.4 Å². The Hall–Kier alpha value is -1.59. The average Bonchev–Trinajstić information content (AvgIpc) is 3.06. The third-order valence-electron chi connectivity index (χ3n) is 4.09. The van der Waals surface area contributed by atoms with Crippen molar-refractivity contribution in [1.82, 2.24) is 15.5 Å². The van der Waals surface area contributed by atoms with Crippen LogP contribution in [0.15, 0.2) is 16.7 Å². The molecule has 2 heterocycles. The second-order valence-electron chi connectivity index (χ2n) is 5.80. The molecule has 2 aromatic rings. The Bertz CT molecular complexity index is 626. The highest BCUT2D eigenvalue weighted by Crippen LogP contribution is 2.37. The Balaban J connectivity index is 0.00000176. The number of ether oxygens (including phenoxy) is 1. The normalized spacial score (nSPS) is 17.5. The summed E-state index contributed by atoms with van der Waals surface area (Å²) in [5, 5.41) is 7.21. The van der Waals surface area contributed by atoms with Crippen LogP contribution in [-0.4, -0.2) is 23.2 Å². The SMILES string of the molecule is CNC(C)Cc1noc(C2Cc3cc(C)c(C)cc3O2)n1.Cl. The molecule has 0 saturated carbocycles. The Morgan fingerprint density at radius 1 is 1.32 bits per heavy atom. The number of benzene rings is 1. The second-order valence-corrected chi connectivity index (χ2v) is 5.80. The topological polar surface area (TPSA) is 60.2 Å². The van der Waals surface area contributed by atoms with Gasteiger partial charge in [-0.3, -0.25) is 0 Å². The largest absolute Gasteiger partial charge is 0.480 e. The summed E-state index contributed by atoms with van der Waals surface area (Å²) in [6, 6.07) is 4.60. The predicted molar refractivity (Wildman–Crippen MR) is 86.8 cm³/mol. The molecular weight excluding hydrogens is 302 g/mol. The zero-order chi connectivity index (χ0) is 15.0. The summed E-state index contributed by atoms with van der Waals surface area (Å²) >= 11 is 0. The maximum atomic E-state index is 5.96. The highest BCUT2D eigenvalue weighted by Gasteiger charge is 2.29. The molecule has 1 aliphatic heterocycles. The van der Waals surface area contributed by atoms with Gasteiger partial charge >= 0.3 is 0 Å². The van der Waals surface area contributed by atoms with Gasteiger partial charge in [0.15, 0.2) is 11.9 Å². The predicted octanol–water partition coefficient (Wildman–Crippen LogP) is 2.93. The number of hydrogen-bond donors (Lipinski definition) is 1. The first-order chi connectivity index (χ1) is 10.1. The van der Waals surface area contributed by atoms with Crippen LogP contribution in [0, 0.1) is 13.8 Å². The van der Waals surface area contributed by atoms with Crippen LogP contribution < -0.4 is 10.1 Å². The van der Waals surface area contributed by atoms with Crippen molar-refractivity contribution in [2.75, 3.05) is 7.05 Å². The first-order valence-electron chi connectivity index (χ1n) is 7.33. The molecule has 3 rings (SSSR count). The van der Waals surface area contributed by atoms with Crippen LogP contribution in [0.4, 0.5) is 0 Å². The van der Waals surface area contributed by atoms with Crippen LogP contribution in [0.3, 0.4) is 0 Å². The van der Waals surface area contributed by atoms with Gasteiger partial charge in [0, 0.05) is 18.9 Å². The van der Waals surface area contributed by atoms with E-state index in [2.05, 4.69) is 48.4 Å². The molecule has 2 atom stereocenters. The highest BCUT2D eigenvalue weighted by atomic mass is 35.5. The molecule has 0 spiro atoms. The Labute approximate surface area is 136 Å². The van der Waals surface area contributed by atoms with E-state index < -0.39 is 0 Å². The van der Waals surface area contributed by atoms with Crippen molar-refractivity contribution in [3.63, 3.8) is 0 Å². The van der Waals surface area contributed by atoms with Crippen LogP contribution >= 0.6 is 12.4 Å². The fourth-order valence-corrected chi connectivity index (χ4v) is 2.51. The summed E-state index contributed by atoms with van der Waals surface area (Å²) in [4.78, 5) is 4.47. The molecule has 0 aliphatic carbocycles. The summed E-state index contributed by atoms with van der Waals surface area (Å²) < 4.78 is 11.3. The van der Waals surface area contributed by atoms with Crippen molar-refractivity contribution in [2.24, 2.45) is 0 Å². The third-order valence-corrected chi connectivity index (χ3v) is 4.09. The number of nitrogens with one attached hydrogen (secondary N) is 1. The van der Waals surface area contributed by atoms with Crippen LogP contribution in [-0.2, 0) is 12.8 Å². The molecule has 0 bridgehead atoms. The molecule has 1 N–H and O–H groups in total. The minimum absolute atomic E-state index is 0. The van der Waals surface area contributed by atoms with E-state index in [1.54, 1.807) is 0 Å².